The second-order valence-electron chi connectivity index (χ2n) is 4.63. The van der Waals surface area contributed by atoms with Crippen molar-refractivity contribution in [2.75, 3.05) is 20.6 Å². The molecule has 0 aliphatic rings. The largest absolute Gasteiger partial charge is 0.345 e. The van der Waals surface area contributed by atoms with Gasteiger partial charge in [0.15, 0.2) is 0 Å². The fourth-order valence-corrected chi connectivity index (χ4v) is 1.77. The zero-order chi connectivity index (χ0) is 11.2. The van der Waals surface area contributed by atoms with Gasteiger partial charge in [-0.1, -0.05) is 0 Å². The Morgan fingerprint density at radius 2 is 1.57 bits per heavy atom. The molecule has 0 aliphatic carbocycles. The van der Waals surface area contributed by atoms with Crippen molar-refractivity contribution in [1.29, 1.82) is 0 Å². The molecule has 0 aromatic heterocycles. The molecule has 0 aliphatic heterocycles. The van der Waals surface area contributed by atoms with Crippen molar-refractivity contribution in [2.24, 2.45) is 0 Å². The first kappa shape index (κ1) is 14.1. The van der Waals surface area contributed by atoms with Crippen molar-refractivity contribution in [1.82, 2.24) is 20.9 Å². The van der Waals surface area contributed by atoms with Crippen molar-refractivity contribution < 1.29 is 0 Å². The molecular weight excluding hydrogens is 192 g/mol. The lowest BCUT2D eigenvalue weighted by Gasteiger charge is -2.40. The van der Waals surface area contributed by atoms with E-state index >= 15 is 0 Å². The second-order valence-corrected chi connectivity index (χ2v) is 5.34. The van der Waals surface area contributed by atoms with Crippen LogP contribution in [0.1, 0.15) is 27.2 Å². The summed E-state index contributed by atoms with van der Waals surface area (Å²) >= 11 is 0. The molecule has 86 valence electrons. The topological polar surface area (TPSA) is 48.1 Å². The molecule has 4 nitrogen and oxygen atoms in total. The summed E-state index contributed by atoms with van der Waals surface area (Å²) < 4.78 is 0. The maximum atomic E-state index is 3.56. The predicted octanol–water partition coefficient (Wildman–Crippen LogP) is -1.27. The van der Waals surface area contributed by atoms with E-state index in [-0.39, 0.29) is 11.3 Å². The summed E-state index contributed by atoms with van der Waals surface area (Å²) in [5.74, 6) is -0.171. The van der Waals surface area contributed by atoms with Crippen LogP contribution in [0.15, 0.2) is 0 Å². The van der Waals surface area contributed by atoms with Crippen LogP contribution in [0.3, 0.4) is 0 Å². The van der Waals surface area contributed by atoms with Gasteiger partial charge < -0.3 is 4.98 Å². The van der Waals surface area contributed by atoms with Crippen molar-refractivity contribution in [3.05, 3.63) is 0 Å². The fraction of sp³-hybridized carbons (Fsp3) is 1.00. The summed E-state index contributed by atoms with van der Waals surface area (Å²) in [4.78, 5) is 3.30. The minimum Gasteiger partial charge on any atom is -0.345 e. The van der Waals surface area contributed by atoms with Crippen LogP contribution in [0.2, 0.25) is 0 Å². The lowest BCUT2D eigenvalue weighted by atomic mass is 10.1. The molecule has 4 N–H and O–H groups in total. The third kappa shape index (κ3) is 5.07. The Kier molecular flexibility index (Phi) is 5.85. The van der Waals surface area contributed by atoms with E-state index in [2.05, 4.69) is 41.7 Å². The highest BCUT2D eigenvalue weighted by Gasteiger charge is 2.29. The van der Waals surface area contributed by atoms with Gasteiger partial charge in [-0.25, -0.2) is 0 Å². The van der Waals surface area contributed by atoms with E-state index in [9.17, 15) is 0 Å². The van der Waals surface area contributed by atoms with Crippen molar-refractivity contribution >= 4 is 10.4 Å². The minimum atomic E-state index is -0.171. The maximum absolute atomic E-state index is 3.56. The van der Waals surface area contributed by atoms with E-state index < -0.39 is 0 Å². The van der Waals surface area contributed by atoms with Gasteiger partial charge in [0.1, 0.15) is 5.79 Å². The van der Waals surface area contributed by atoms with Crippen LogP contribution in [-0.4, -0.2) is 42.4 Å². The van der Waals surface area contributed by atoms with Gasteiger partial charge in [-0.05, 0) is 41.4 Å². The Labute approximate surface area is 91.1 Å². The van der Waals surface area contributed by atoms with E-state index in [1.807, 2.05) is 14.1 Å². The number of nitrogens with one attached hydrogen (secondary N) is 4. The summed E-state index contributed by atoms with van der Waals surface area (Å²) in [6, 6.07) is 0. The number of hydrogen-bond donors (Lipinski definition) is 4. The zero-order valence-electron chi connectivity index (χ0n) is 10.4. The lowest BCUT2D eigenvalue weighted by Crippen LogP contribution is -2.69. The molecule has 5 heteroatoms. The molecule has 0 rings (SSSR count). The van der Waals surface area contributed by atoms with Crippen LogP contribution in [0.4, 0.5) is 0 Å². The Morgan fingerprint density at radius 3 is 1.86 bits per heavy atom. The predicted molar refractivity (Wildman–Crippen MR) is 66.3 cm³/mol. The Bertz CT molecular complexity index is 151. The summed E-state index contributed by atoms with van der Waals surface area (Å²) in [7, 11) is 5.00. The molecular formula is C9H26N4Si. The van der Waals surface area contributed by atoms with Gasteiger partial charge in [0.25, 0.3) is 0 Å². The molecule has 0 saturated carbocycles. The molecule has 0 heterocycles. The first-order valence-electron chi connectivity index (χ1n) is 5.21. The minimum absolute atomic E-state index is 0.0944. The van der Waals surface area contributed by atoms with E-state index in [1.165, 1.54) is 0 Å². The molecule has 14 heavy (non-hydrogen) atoms. The average molecular weight is 218 g/mol. The third-order valence-electron chi connectivity index (χ3n) is 2.19. The summed E-state index contributed by atoms with van der Waals surface area (Å²) in [6.07, 6.45) is 1.01. The van der Waals surface area contributed by atoms with Crippen LogP contribution < -0.4 is 20.9 Å². The smallest absolute Gasteiger partial charge is 0.124 e. The van der Waals surface area contributed by atoms with E-state index in [4.69, 9.17) is 0 Å². The lowest BCUT2D eigenvalue weighted by molar-refractivity contribution is 0.160. The van der Waals surface area contributed by atoms with E-state index in [0.717, 1.165) is 23.4 Å². The molecule has 0 bridgehead atoms. The molecule has 0 unspecified atom stereocenters. The summed E-state index contributed by atoms with van der Waals surface area (Å²) in [5.41, 5.74) is 0.0944. The molecule has 0 aromatic carbocycles. The van der Waals surface area contributed by atoms with Gasteiger partial charge in [0.2, 0.25) is 0 Å². The van der Waals surface area contributed by atoms with Crippen LogP contribution in [0.5, 0.6) is 0 Å². The first-order valence-corrected chi connectivity index (χ1v) is 6.21. The Hall–Kier alpha value is 0.0569. The zero-order valence-corrected chi connectivity index (χ0v) is 12.4. The molecule has 0 saturated heterocycles. The summed E-state index contributed by atoms with van der Waals surface area (Å²) in [5, 5.41) is 10.2. The van der Waals surface area contributed by atoms with Gasteiger partial charge in [-0.3, -0.25) is 16.0 Å². The highest BCUT2D eigenvalue weighted by Crippen LogP contribution is 2.08. The first-order chi connectivity index (χ1) is 6.39. The van der Waals surface area contributed by atoms with Crippen molar-refractivity contribution in [3.63, 3.8) is 0 Å². The van der Waals surface area contributed by atoms with Crippen molar-refractivity contribution in [3.8, 4) is 0 Å². The number of hydrogen-bond acceptors (Lipinski definition) is 4. The van der Waals surface area contributed by atoms with Gasteiger partial charge >= 0.3 is 0 Å². The number of rotatable bonds is 6. The van der Waals surface area contributed by atoms with Crippen LogP contribution in [0, 0.1) is 0 Å². The molecule has 0 aromatic rings. The van der Waals surface area contributed by atoms with Gasteiger partial charge in [-0.15, -0.1) is 0 Å². The normalized spacial score (nSPS) is 13.5. The maximum Gasteiger partial charge on any atom is 0.124 e. The Balaban J connectivity index is 4.36. The highest BCUT2D eigenvalue weighted by molar-refractivity contribution is 6.04. The average Bonchev–Trinajstić information content (AvgIpc) is 2.10. The van der Waals surface area contributed by atoms with Crippen molar-refractivity contribution in [2.45, 2.75) is 38.5 Å². The monoisotopic (exact) mass is 218 g/mol. The molecule has 0 spiro atoms. The fourth-order valence-electron chi connectivity index (χ4n) is 1.52. The second kappa shape index (κ2) is 5.82. The van der Waals surface area contributed by atoms with Gasteiger partial charge in [-0.2, -0.15) is 0 Å². The molecule has 0 fully saturated rings. The standard InChI is InChI=1S/C9H26N4Si/c1-8(2,3)13-9(10-4,11-5)6-7-12-14/h10-13H,6-7H2,1-5,14H3. The van der Waals surface area contributed by atoms with E-state index in [0.29, 0.717) is 0 Å². The van der Waals surface area contributed by atoms with Gasteiger partial charge in [0, 0.05) is 12.0 Å². The van der Waals surface area contributed by atoms with E-state index in [1.54, 1.807) is 0 Å². The Morgan fingerprint density at radius 1 is 1.07 bits per heavy atom. The quantitative estimate of drug-likeness (QED) is 0.332. The molecule has 0 radical (unpaired) electrons. The SMILES string of the molecule is CNC(CCN[SiH3])(NC)NC(C)(C)C. The van der Waals surface area contributed by atoms with Crippen LogP contribution in [-0.2, 0) is 0 Å². The molecule has 0 atom stereocenters. The summed E-state index contributed by atoms with van der Waals surface area (Å²) in [6.45, 7) is 7.54. The highest BCUT2D eigenvalue weighted by atomic mass is 28.2. The third-order valence-corrected chi connectivity index (χ3v) is 2.69. The van der Waals surface area contributed by atoms with Gasteiger partial charge in [0.05, 0.1) is 10.4 Å². The van der Waals surface area contributed by atoms with Crippen LogP contribution >= 0.6 is 0 Å². The van der Waals surface area contributed by atoms with Crippen LogP contribution in [0.25, 0.3) is 0 Å². The molecule has 0 amide bonds.